The molecule has 1 aromatic carbocycles. The molecular formula is C14H21NO3. The highest BCUT2D eigenvalue weighted by molar-refractivity contribution is 5.43. The lowest BCUT2D eigenvalue weighted by molar-refractivity contribution is 0.0583. The van der Waals surface area contributed by atoms with Crippen LogP contribution in [0.4, 0.5) is 0 Å². The van der Waals surface area contributed by atoms with E-state index in [0.717, 1.165) is 43.1 Å². The Morgan fingerprint density at radius 3 is 2.44 bits per heavy atom. The van der Waals surface area contributed by atoms with Crippen LogP contribution >= 0.6 is 0 Å². The SMILES string of the molecule is COc1ccc([C@H](N)C2CCOCC2)cc1OC. The van der Waals surface area contributed by atoms with Crippen LogP contribution in [0.2, 0.25) is 0 Å². The van der Waals surface area contributed by atoms with Crippen LogP contribution in [0.15, 0.2) is 18.2 Å². The average Bonchev–Trinajstić information content (AvgIpc) is 2.46. The first-order chi connectivity index (χ1) is 8.76. The summed E-state index contributed by atoms with van der Waals surface area (Å²) in [5, 5.41) is 0. The summed E-state index contributed by atoms with van der Waals surface area (Å²) in [6.45, 7) is 1.62. The minimum absolute atomic E-state index is 0.0358. The van der Waals surface area contributed by atoms with E-state index < -0.39 is 0 Å². The van der Waals surface area contributed by atoms with Gasteiger partial charge in [-0.05, 0) is 36.5 Å². The Morgan fingerprint density at radius 1 is 1.17 bits per heavy atom. The molecule has 0 aliphatic carbocycles. The van der Waals surface area contributed by atoms with Crippen LogP contribution in [-0.4, -0.2) is 27.4 Å². The Bertz CT molecular complexity index is 389. The van der Waals surface area contributed by atoms with Gasteiger partial charge in [-0.3, -0.25) is 0 Å². The lowest BCUT2D eigenvalue weighted by atomic mass is 9.88. The molecule has 0 bridgehead atoms. The maximum atomic E-state index is 6.33. The van der Waals surface area contributed by atoms with Crippen LogP contribution in [0, 0.1) is 5.92 Å². The topological polar surface area (TPSA) is 53.7 Å². The normalized spacial score (nSPS) is 18.4. The van der Waals surface area contributed by atoms with Gasteiger partial charge in [0.25, 0.3) is 0 Å². The molecule has 18 heavy (non-hydrogen) atoms. The summed E-state index contributed by atoms with van der Waals surface area (Å²) in [6.07, 6.45) is 2.05. The van der Waals surface area contributed by atoms with Crippen molar-refractivity contribution in [1.29, 1.82) is 0 Å². The van der Waals surface area contributed by atoms with Crippen molar-refractivity contribution in [3.8, 4) is 11.5 Å². The van der Waals surface area contributed by atoms with Gasteiger partial charge in [-0.1, -0.05) is 6.07 Å². The summed E-state index contributed by atoms with van der Waals surface area (Å²) in [4.78, 5) is 0. The third-order valence-electron chi connectivity index (χ3n) is 3.57. The fraction of sp³-hybridized carbons (Fsp3) is 0.571. The zero-order valence-corrected chi connectivity index (χ0v) is 11.0. The summed E-state index contributed by atoms with van der Waals surface area (Å²) in [5.74, 6) is 1.95. The molecule has 1 heterocycles. The lowest BCUT2D eigenvalue weighted by Crippen LogP contribution is -2.27. The van der Waals surface area contributed by atoms with Gasteiger partial charge in [0.2, 0.25) is 0 Å². The van der Waals surface area contributed by atoms with Crippen molar-refractivity contribution in [3.05, 3.63) is 23.8 Å². The van der Waals surface area contributed by atoms with Crippen LogP contribution in [0.1, 0.15) is 24.4 Å². The van der Waals surface area contributed by atoms with E-state index in [9.17, 15) is 0 Å². The molecule has 1 fully saturated rings. The number of hydrogen-bond donors (Lipinski definition) is 1. The Labute approximate surface area is 108 Å². The third-order valence-corrected chi connectivity index (χ3v) is 3.57. The smallest absolute Gasteiger partial charge is 0.161 e. The molecular weight excluding hydrogens is 230 g/mol. The number of ether oxygens (including phenoxy) is 3. The van der Waals surface area contributed by atoms with Gasteiger partial charge in [0, 0.05) is 19.3 Å². The molecule has 0 saturated carbocycles. The molecule has 0 aromatic heterocycles. The second kappa shape index (κ2) is 6.07. The summed E-state index contributed by atoms with van der Waals surface area (Å²) < 4.78 is 15.9. The first-order valence-electron chi connectivity index (χ1n) is 6.31. The largest absolute Gasteiger partial charge is 0.493 e. The average molecular weight is 251 g/mol. The van der Waals surface area contributed by atoms with E-state index in [1.54, 1.807) is 14.2 Å². The van der Waals surface area contributed by atoms with Crippen LogP contribution in [0.25, 0.3) is 0 Å². The Balaban J connectivity index is 2.16. The molecule has 1 aromatic rings. The van der Waals surface area contributed by atoms with Gasteiger partial charge in [-0.15, -0.1) is 0 Å². The monoisotopic (exact) mass is 251 g/mol. The molecule has 4 nitrogen and oxygen atoms in total. The molecule has 2 rings (SSSR count). The number of benzene rings is 1. The predicted octanol–water partition coefficient (Wildman–Crippen LogP) is 2.13. The summed E-state index contributed by atoms with van der Waals surface area (Å²) in [6, 6.07) is 5.93. The van der Waals surface area contributed by atoms with Crippen LogP contribution in [-0.2, 0) is 4.74 Å². The maximum absolute atomic E-state index is 6.33. The second-order valence-electron chi connectivity index (χ2n) is 4.59. The quantitative estimate of drug-likeness (QED) is 0.890. The van der Waals surface area contributed by atoms with Crippen molar-refractivity contribution in [2.45, 2.75) is 18.9 Å². The van der Waals surface area contributed by atoms with E-state index in [-0.39, 0.29) is 6.04 Å². The fourth-order valence-corrected chi connectivity index (χ4v) is 2.41. The van der Waals surface area contributed by atoms with Gasteiger partial charge >= 0.3 is 0 Å². The Morgan fingerprint density at radius 2 is 1.83 bits per heavy atom. The lowest BCUT2D eigenvalue weighted by Gasteiger charge is -2.28. The molecule has 1 aliphatic rings. The van der Waals surface area contributed by atoms with E-state index in [1.165, 1.54) is 0 Å². The van der Waals surface area contributed by atoms with Crippen LogP contribution in [0.5, 0.6) is 11.5 Å². The van der Waals surface area contributed by atoms with E-state index in [0.29, 0.717) is 5.92 Å². The highest BCUT2D eigenvalue weighted by Gasteiger charge is 2.23. The minimum atomic E-state index is 0.0358. The number of hydrogen-bond acceptors (Lipinski definition) is 4. The minimum Gasteiger partial charge on any atom is -0.493 e. The highest BCUT2D eigenvalue weighted by Crippen LogP contribution is 2.33. The zero-order chi connectivity index (χ0) is 13.0. The van der Waals surface area contributed by atoms with Gasteiger partial charge in [0.05, 0.1) is 14.2 Å². The van der Waals surface area contributed by atoms with Crippen molar-refractivity contribution in [1.82, 2.24) is 0 Å². The number of rotatable bonds is 4. The summed E-state index contributed by atoms with van der Waals surface area (Å²) in [7, 11) is 3.28. The maximum Gasteiger partial charge on any atom is 0.161 e. The number of nitrogens with two attached hydrogens (primary N) is 1. The molecule has 100 valence electrons. The molecule has 1 saturated heterocycles. The molecule has 1 aliphatic heterocycles. The Hall–Kier alpha value is -1.26. The van der Waals surface area contributed by atoms with E-state index in [2.05, 4.69) is 0 Å². The molecule has 4 heteroatoms. The molecule has 0 unspecified atom stereocenters. The van der Waals surface area contributed by atoms with E-state index in [1.807, 2.05) is 18.2 Å². The molecule has 2 N–H and O–H groups in total. The fourth-order valence-electron chi connectivity index (χ4n) is 2.41. The van der Waals surface area contributed by atoms with Gasteiger partial charge in [0.15, 0.2) is 11.5 Å². The first kappa shape index (κ1) is 13.2. The first-order valence-corrected chi connectivity index (χ1v) is 6.31. The number of methoxy groups -OCH3 is 2. The molecule has 0 amide bonds. The van der Waals surface area contributed by atoms with Crippen molar-refractivity contribution >= 4 is 0 Å². The van der Waals surface area contributed by atoms with Gasteiger partial charge in [0.1, 0.15) is 0 Å². The highest BCUT2D eigenvalue weighted by atomic mass is 16.5. The van der Waals surface area contributed by atoms with Gasteiger partial charge in [-0.2, -0.15) is 0 Å². The van der Waals surface area contributed by atoms with Crippen molar-refractivity contribution < 1.29 is 14.2 Å². The van der Waals surface area contributed by atoms with Crippen LogP contribution < -0.4 is 15.2 Å². The van der Waals surface area contributed by atoms with E-state index >= 15 is 0 Å². The van der Waals surface area contributed by atoms with E-state index in [4.69, 9.17) is 19.9 Å². The van der Waals surface area contributed by atoms with Gasteiger partial charge < -0.3 is 19.9 Å². The third kappa shape index (κ3) is 2.76. The molecule has 1 atom stereocenters. The molecule has 0 spiro atoms. The summed E-state index contributed by atoms with van der Waals surface area (Å²) in [5.41, 5.74) is 7.43. The van der Waals surface area contributed by atoms with Crippen molar-refractivity contribution in [2.75, 3.05) is 27.4 Å². The van der Waals surface area contributed by atoms with Crippen molar-refractivity contribution in [2.24, 2.45) is 11.7 Å². The Kier molecular flexibility index (Phi) is 4.44. The van der Waals surface area contributed by atoms with Crippen molar-refractivity contribution in [3.63, 3.8) is 0 Å². The zero-order valence-electron chi connectivity index (χ0n) is 11.0. The predicted molar refractivity (Wildman–Crippen MR) is 70.0 cm³/mol. The second-order valence-corrected chi connectivity index (χ2v) is 4.59. The summed E-state index contributed by atoms with van der Waals surface area (Å²) >= 11 is 0. The van der Waals surface area contributed by atoms with Gasteiger partial charge in [-0.25, -0.2) is 0 Å². The standard InChI is InChI=1S/C14H21NO3/c1-16-12-4-3-11(9-13(12)17-2)14(15)10-5-7-18-8-6-10/h3-4,9-10,14H,5-8,15H2,1-2H3/t14-/m1/s1. The molecule has 0 radical (unpaired) electrons. The van der Waals surface area contributed by atoms with Crippen LogP contribution in [0.3, 0.4) is 0 Å².